The second-order valence-electron chi connectivity index (χ2n) is 4.86. The fourth-order valence-electron chi connectivity index (χ4n) is 1.13. The van der Waals surface area contributed by atoms with Crippen LogP contribution in [0.1, 0.15) is 47.0 Å². The van der Waals surface area contributed by atoms with Crippen molar-refractivity contribution in [2.24, 2.45) is 11.8 Å². The smallest absolute Gasteiger partial charge is 0.233 e. The molecule has 3 N–H and O–H groups in total. The third-order valence-corrected chi connectivity index (χ3v) is 2.30. The minimum absolute atomic E-state index is 0.143. The lowest BCUT2D eigenvalue weighted by molar-refractivity contribution is -0.123. The molecule has 15 heavy (non-hydrogen) atoms. The van der Waals surface area contributed by atoms with E-state index >= 15 is 0 Å². The monoisotopic (exact) mass is 216 g/mol. The second kappa shape index (κ2) is 6.80. The van der Waals surface area contributed by atoms with Crippen LogP contribution in [0.25, 0.3) is 0 Å². The van der Waals surface area contributed by atoms with Gasteiger partial charge in [-0.05, 0) is 32.6 Å². The summed E-state index contributed by atoms with van der Waals surface area (Å²) in [6, 6.07) is 0. The van der Waals surface area contributed by atoms with Crippen molar-refractivity contribution in [3.63, 3.8) is 0 Å². The maximum Gasteiger partial charge on any atom is 0.233 e. The molecule has 0 aliphatic heterocycles. The predicted octanol–water partition coefficient (Wildman–Crippen LogP) is 1.60. The molecule has 0 aromatic heterocycles. The highest BCUT2D eigenvalue weighted by Crippen LogP contribution is 2.17. The number of amides is 1. The van der Waals surface area contributed by atoms with Crippen LogP contribution < -0.4 is 11.3 Å². The molecule has 0 fully saturated rings. The lowest BCUT2D eigenvalue weighted by Crippen LogP contribution is -2.33. The van der Waals surface area contributed by atoms with Gasteiger partial charge in [0.15, 0.2) is 0 Å². The molecule has 0 rings (SSSR count). The Morgan fingerprint density at radius 3 is 2.53 bits per heavy atom. The third kappa shape index (κ3) is 8.39. The molecule has 0 atom stereocenters. The molecule has 0 bridgehead atoms. The number of nitrogens with one attached hydrogen (secondary N) is 1. The van der Waals surface area contributed by atoms with Crippen LogP contribution in [0.2, 0.25) is 0 Å². The van der Waals surface area contributed by atoms with Crippen LogP contribution >= 0.6 is 0 Å². The Morgan fingerprint density at radius 2 is 2.07 bits per heavy atom. The summed E-state index contributed by atoms with van der Waals surface area (Å²) < 4.78 is 5.71. The van der Waals surface area contributed by atoms with Crippen LogP contribution in [0.3, 0.4) is 0 Å². The minimum atomic E-state index is -0.249. The van der Waals surface area contributed by atoms with E-state index in [1.807, 2.05) is 13.8 Å². The van der Waals surface area contributed by atoms with Gasteiger partial charge in [0.2, 0.25) is 5.91 Å². The largest absolute Gasteiger partial charge is 0.376 e. The van der Waals surface area contributed by atoms with E-state index in [9.17, 15) is 4.79 Å². The molecular weight excluding hydrogens is 192 g/mol. The molecule has 0 aromatic carbocycles. The number of ether oxygens (including phenoxy) is 1. The molecule has 0 aliphatic carbocycles. The van der Waals surface area contributed by atoms with Crippen molar-refractivity contribution in [2.75, 3.05) is 6.61 Å². The van der Waals surface area contributed by atoms with Gasteiger partial charge in [-0.15, -0.1) is 0 Å². The first-order valence-corrected chi connectivity index (χ1v) is 5.51. The Morgan fingerprint density at radius 1 is 1.47 bits per heavy atom. The first-order chi connectivity index (χ1) is 6.87. The van der Waals surface area contributed by atoms with Crippen molar-refractivity contribution in [3.05, 3.63) is 0 Å². The highest BCUT2D eigenvalue weighted by Gasteiger charge is 2.19. The van der Waals surface area contributed by atoms with Gasteiger partial charge < -0.3 is 4.74 Å². The molecular formula is C11H24N2O2. The maximum atomic E-state index is 10.9. The topological polar surface area (TPSA) is 64.3 Å². The van der Waals surface area contributed by atoms with Gasteiger partial charge in [0.05, 0.1) is 5.60 Å². The first-order valence-electron chi connectivity index (χ1n) is 5.51. The minimum Gasteiger partial charge on any atom is -0.376 e. The van der Waals surface area contributed by atoms with Crippen LogP contribution in [0.15, 0.2) is 0 Å². The van der Waals surface area contributed by atoms with Gasteiger partial charge in [-0.1, -0.05) is 13.8 Å². The van der Waals surface area contributed by atoms with Gasteiger partial charge in [0.25, 0.3) is 0 Å². The highest BCUT2D eigenvalue weighted by molar-refractivity contribution is 5.75. The SMILES string of the molecule is CC(C)CCOC(C)(C)CCC(=O)NN. The van der Waals surface area contributed by atoms with Crippen molar-refractivity contribution in [2.45, 2.75) is 52.6 Å². The molecule has 0 unspecified atom stereocenters. The number of hydrogen-bond donors (Lipinski definition) is 2. The molecule has 0 saturated carbocycles. The molecule has 4 heteroatoms. The third-order valence-electron chi connectivity index (χ3n) is 2.30. The Bertz CT molecular complexity index is 191. The lowest BCUT2D eigenvalue weighted by atomic mass is 10.0. The first kappa shape index (κ1) is 14.4. The molecule has 0 radical (unpaired) electrons. The van der Waals surface area contributed by atoms with Crippen LogP contribution in [-0.4, -0.2) is 18.1 Å². The van der Waals surface area contributed by atoms with Gasteiger partial charge in [-0.2, -0.15) is 0 Å². The molecule has 90 valence electrons. The summed E-state index contributed by atoms with van der Waals surface area (Å²) in [5.41, 5.74) is 1.87. The van der Waals surface area contributed by atoms with Crippen LogP contribution in [0.4, 0.5) is 0 Å². The predicted molar refractivity (Wildman–Crippen MR) is 61.1 cm³/mol. The van der Waals surface area contributed by atoms with E-state index in [1.54, 1.807) is 0 Å². The number of hydrazine groups is 1. The summed E-state index contributed by atoms with van der Waals surface area (Å²) in [4.78, 5) is 10.9. The summed E-state index contributed by atoms with van der Waals surface area (Å²) in [6.07, 6.45) is 2.14. The van der Waals surface area contributed by atoms with Crippen molar-refractivity contribution in [3.8, 4) is 0 Å². The normalized spacial score (nSPS) is 11.9. The molecule has 0 aliphatic rings. The number of nitrogens with two attached hydrogens (primary N) is 1. The Hall–Kier alpha value is -0.610. The fraction of sp³-hybridized carbons (Fsp3) is 0.909. The number of carbonyl (C=O) groups is 1. The Kier molecular flexibility index (Phi) is 6.52. The van der Waals surface area contributed by atoms with E-state index in [4.69, 9.17) is 10.6 Å². The zero-order valence-corrected chi connectivity index (χ0v) is 10.3. The zero-order valence-electron chi connectivity index (χ0n) is 10.3. The summed E-state index contributed by atoms with van der Waals surface area (Å²) >= 11 is 0. The van der Waals surface area contributed by atoms with E-state index in [0.29, 0.717) is 18.8 Å². The van der Waals surface area contributed by atoms with Gasteiger partial charge >= 0.3 is 0 Å². The van der Waals surface area contributed by atoms with Crippen LogP contribution in [-0.2, 0) is 9.53 Å². The number of carbonyl (C=O) groups excluding carboxylic acids is 1. The molecule has 4 nitrogen and oxygen atoms in total. The zero-order chi connectivity index (χ0) is 11.9. The lowest BCUT2D eigenvalue weighted by Gasteiger charge is -2.25. The highest BCUT2D eigenvalue weighted by atomic mass is 16.5. The quantitative estimate of drug-likeness (QED) is 0.386. The van der Waals surface area contributed by atoms with E-state index in [2.05, 4.69) is 19.3 Å². The summed E-state index contributed by atoms with van der Waals surface area (Å²) in [5.74, 6) is 5.50. The molecule has 0 aromatic rings. The van der Waals surface area contributed by atoms with E-state index in [1.165, 1.54) is 0 Å². The van der Waals surface area contributed by atoms with E-state index in [0.717, 1.165) is 13.0 Å². The maximum absolute atomic E-state index is 10.9. The second-order valence-corrected chi connectivity index (χ2v) is 4.86. The van der Waals surface area contributed by atoms with Gasteiger partial charge in [-0.25, -0.2) is 5.84 Å². The summed E-state index contributed by atoms with van der Waals surface area (Å²) in [5, 5.41) is 0. The summed E-state index contributed by atoms with van der Waals surface area (Å²) in [7, 11) is 0. The Balaban J connectivity index is 3.71. The Labute approximate surface area is 92.5 Å². The average molecular weight is 216 g/mol. The molecule has 0 saturated heterocycles. The molecule has 1 amide bonds. The standard InChI is InChI=1S/C11H24N2O2/c1-9(2)6-8-15-11(3,4)7-5-10(14)13-12/h9H,5-8,12H2,1-4H3,(H,13,14). The number of hydrogen-bond acceptors (Lipinski definition) is 3. The van der Waals surface area contributed by atoms with Crippen molar-refractivity contribution in [1.29, 1.82) is 0 Å². The van der Waals surface area contributed by atoms with Gasteiger partial charge in [0, 0.05) is 13.0 Å². The fourth-order valence-corrected chi connectivity index (χ4v) is 1.13. The molecule has 0 spiro atoms. The molecule has 0 heterocycles. The van der Waals surface area contributed by atoms with Gasteiger partial charge in [0.1, 0.15) is 0 Å². The van der Waals surface area contributed by atoms with Crippen molar-refractivity contribution >= 4 is 5.91 Å². The summed E-state index contributed by atoms with van der Waals surface area (Å²) in [6.45, 7) is 9.07. The van der Waals surface area contributed by atoms with Crippen molar-refractivity contribution in [1.82, 2.24) is 5.43 Å². The van der Waals surface area contributed by atoms with E-state index < -0.39 is 0 Å². The van der Waals surface area contributed by atoms with Gasteiger partial charge in [-0.3, -0.25) is 10.2 Å². The van der Waals surface area contributed by atoms with Crippen LogP contribution in [0.5, 0.6) is 0 Å². The number of rotatable bonds is 7. The van der Waals surface area contributed by atoms with Crippen LogP contribution in [0, 0.1) is 5.92 Å². The average Bonchev–Trinajstić information content (AvgIpc) is 2.13. The van der Waals surface area contributed by atoms with E-state index in [-0.39, 0.29) is 11.5 Å². The van der Waals surface area contributed by atoms with Crippen molar-refractivity contribution < 1.29 is 9.53 Å².